The molecular formula is C25H22O7. The van der Waals surface area contributed by atoms with Crippen molar-refractivity contribution >= 4 is 17.9 Å². The molecular weight excluding hydrogens is 412 g/mol. The Morgan fingerprint density at radius 2 is 1.47 bits per heavy atom. The average Bonchev–Trinajstić information content (AvgIpc) is 2.97. The van der Waals surface area contributed by atoms with Crippen LogP contribution in [0.1, 0.15) is 54.7 Å². The lowest BCUT2D eigenvalue weighted by Crippen LogP contribution is -2.51. The van der Waals surface area contributed by atoms with Crippen LogP contribution in [0.25, 0.3) is 12.2 Å². The second-order valence-electron chi connectivity index (χ2n) is 9.64. The molecule has 0 unspecified atom stereocenters. The van der Waals surface area contributed by atoms with E-state index >= 15 is 0 Å². The van der Waals surface area contributed by atoms with Crippen molar-refractivity contribution < 1.29 is 34.0 Å². The summed E-state index contributed by atoms with van der Waals surface area (Å²) in [4.78, 5) is 13.6. The van der Waals surface area contributed by atoms with Gasteiger partial charge in [0.15, 0.2) is 0 Å². The lowest BCUT2D eigenvalue weighted by molar-refractivity contribution is -0.118. The smallest absolute Gasteiger partial charge is 0.281 e. The number of hydrogen-bond acceptors (Lipinski definition) is 7. The molecule has 0 spiro atoms. The number of Topliss-reactive ketones (excluding diaryl/α,β-unsaturated/α-hetero) is 1. The summed E-state index contributed by atoms with van der Waals surface area (Å²) in [5.41, 5.74) is -1.92. The zero-order valence-electron chi connectivity index (χ0n) is 18.1. The van der Waals surface area contributed by atoms with Crippen molar-refractivity contribution in [3.8, 4) is 28.7 Å². The van der Waals surface area contributed by atoms with Gasteiger partial charge in [-0.1, -0.05) is 6.08 Å². The standard InChI is InChI=1S/C25H22O7/c1-23(2)7-5-12-9-14-17(10-15(12)31-23)29-22-25(14,28)21(27)19-18(30-22)11-16-13(20(19)26)6-8-24(3,4)32-16/h5-11,22,26,28H,1-4H3/t22-,25+/m0/s1. The van der Waals surface area contributed by atoms with Gasteiger partial charge < -0.3 is 29.2 Å². The highest BCUT2D eigenvalue weighted by atomic mass is 16.7. The first-order chi connectivity index (χ1) is 15.0. The molecule has 0 radical (unpaired) electrons. The SMILES string of the molecule is CC1(C)C=Cc2cc3c(cc2O1)O[C@H]1Oc2cc4c(c(O)c2C(=O)[C@]31O)C=CC(C)(C)O4. The Morgan fingerprint density at radius 3 is 2.22 bits per heavy atom. The number of carbonyl (C=O) groups excluding carboxylic acids is 1. The van der Waals surface area contributed by atoms with Crippen molar-refractivity contribution in [1.29, 1.82) is 0 Å². The molecule has 6 rings (SSSR count). The fourth-order valence-electron chi connectivity index (χ4n) is 4.57. The molecule has 7 heteroatoms. The number of aromatic hydroxyl groups is 1. The van der Waals surface area contributed by atoms with Crippen molar-refractivity contribution in [3.05, 3.63) is 52.6 Å². The van der Waals surface area contributed by atoms with Gasteiger partial charge in [0.05, 0.1) is 5.56 Å². The third-order valence-electron chi connectivity index (χ3n) is 6.23. The molecule has 2 atom stereocenters. The minimum absolute atomic E-state index is 0.0990. The van der Waals surface area contributed by atoms with Crippen LogP contribution in [0.4, 0.5) is 0 Å². The van der Waals surface area contributed by atoms with Crippen LogP contribution in [0.5, 0.6) is 28.7 Å². The van der Waals surface area contributed by atoms with Gasteiger partial charge >= 0.3 is 0 Å². The van der Waals surface area contributed by atoms with Crippen molar-refractivity contribution in [3.63, 3.8) is 0 Å². The largest absolute Gasteiger partial charge is 0.506 e. The molecule has 0 fully saturated rings. The summed E-state index contributed by atoms with van der Waals surface area (Å²) in [6.45, 7) is 7.62. The first kappa shape index (κ1) is 19.3. The molecule has 0 saturated heterocycles. The number of ketones is 1. The number of fused-ring (bicyclic) bond motifs is 6. The van der Waals surface area contributed by atoms with Crippen LogP contribution in [-0.2, 0) is 5.60 Å². The van der Waals surface area contributed by atoms with E-state index in [-0.39, 0.29) is 22.6 Å². The van der Waals surface area contributed by atoms with E-state index < -0.39 is 28.9 Å². The van der Waals surface area contributed by atoms with Crippen LogP contribution < -0.4 is 18.9 Å². The maximum absolute atomic E-state index is 13.6. The Bertz CT molecular complexity index is 1280. The number of ether oxygens (including phenoxy) is 4. The summed E-state index contributed by atoms with van der Waals surface area (Å²) in [5.74, 6) is 0.382. The minimum Gasteiger partial charge on any atom is -0.506 e. The molecule has 2 N–H and O–H groups in total. The number of phenolic OH excluding ortho intramolecular Hbond substituents is 1. The molecule has 4 aliphatic heterocycles. The normalized spacial score (nSPS) is 26.9. The molecule has 0 aliphatic carbocycles. The highest BCUT2D eigenvalue weighted by molar-refractivity contribution is 6.10. The Hall–Kier alpha value is -3.45. The van der Waals surface area contributed by atoms with Gasteiger partial charge in [-0.25, -0.2) is 0 Å². The fourth-order valence-corrected chi connectivity index (χ4v) is 4.57. The van der Waals surface area contributed by atoms with Gasteiger partial charge in [-0.2, -0.15) is 0 Å². The van der Waals surface area contributed by atoms with E-state index in [2.05, 4.69) is 0 Å². The van der Waals surface area contributed by atoms with Crippen LogP contribution in [-0.4, -0.2) is 33.5 Å². The zero-order valence-corrected chi connectivity index (χ0v) is 18.1. The number of aliphatic hydroxyl groups is 1. The summed E-state index contributed by atoms with van der Waals surface area (Å²) in [6.07, 6.45) is 5.98. The van der Waals surface area contributed by atoms with Crippen LogP contribution in [0.3, 0.4) is 0 Å². The molecule has 4 heterocycles. The molecule has 0 saturated carbocycles. The van der Waals surface area contributed by atoms with Crippen molar-refractivity contribution in [2.45, 2.75) is 50.8 Å². The average molecular weight is 434 g/mol. The highest BCUT2D eigenvalue weighted by Crippen LogP contribution is 2.54. The van der Waals surface area contributed by atoms with E-state index in [1.165, 1.54) is 0 Å². The van der Waals surface area contributed by atoms with Gasteiger partial charge in [-0.15, -0.1) is 0 Å². The van der Waals surface area contributed by atoms with Gasteiger partial charge in [-0.05, 0) is 52.0 Å². The molecule has 0 aromatic heterocycles. The summed E-state index contributed by atoms with van der Waals surface area (Å²) < 4.78 is 23.7. The molecule has 2 aromatic rings. The second kappa shape index (κ2) is 5.66. The Morgan fingerprint density at radius 1 is 0.844 bits per heavy atom. The van der Waals surface area contributed by atoms with Crippen molar-refractivity contribution in [2.75, 3.05) is 0 Å². The van der Waals surface area contributed by atoms with Gasteiger partial charge in [-0.3, -0.25) is 4.79 Å². The van der Waals surface area contributed by atoms with Gasteiger partial charge in [0.25, 0.3) is 6.29 Å². The van der Waals surface area contributed by atoms with Crippen LogP contribution in [0, 0.1) is 0 Å². The maximum Gasteiger partial charge on any atom is 0.281 e. The number of phenols is 1. The molecule has 32 heavy (non-hydrogen) atoms. The Balaban J connectivity index is 1.49. The number of rotatable bonds is 0. The van der Waals surface area contributed by atoms with E-state index in [1.54, 1.807) is 30.4 Å². The number of benzene rings is 2. The second-order valence-corrected chi connectivity index (χ2v) is 9.64. The molecule has 7 nitrogen and oxygen atoms in total. The predicted molar refractivity (Wildman–Crippen MR) is 115 cm³/mol. The third-order valence-corrected chi connectivity index (χ3v) is 6.23. The topological polar surface area (TPSA) is 94.5 Å². The van der Waals surface area contributed by atoms with Crippen LogP contribution in [0.2, 0.25) is 0 Å². The maximum atomic E-state index is 13.6. The van der Waals surface area contributed by atoms with E-state index in [1.807, 2.05) is 39.8 Å². The summed E-state index contributed by atoms with van der Waals surface area (Å²) in [6, 6.07) is 4.88. The monoisotopic (exact) mass is 434 g/mol. The zero-order chi connectivity index (χ0) is 22.6. The fraction of sp³-hybridized carbons (Fsp3) is 0.320. The lowest BCUT2D eigenvalue weighted by Gasteiger charge is -2.35. The van der Waals surface area contributed by atoms with Crippen molar-refractivity contribution in [2.24, 2.45) is 0 Å². The van der Waals surface area contributed by atoms with Gasteiger partial charge in [0.2, 0.25) is 11.4 Å². The van der Waals surface area contributed by atoms with E-state index in [9.17, 15) is 15.0 Å². The summed E-state index contributed by atoms with van der Waals surface area (Å²) in [7, 11) is 0. The van der Waals surface area contributed by atoms with E-state index in [4.69, 9.17) is 18.9 Å². The van der Waals surface area contributed by atoms with Gasteiger partial charge in [0.1, 0.15) is 45.5 Å². The number of hydrogen-bond donors (Lipinski definition) is 2. The molecule has 4 aliphatic rings. The molecule has 0 amide bonds. The highest BCUT2D eigenvalue weighted by Gasteiger charge is 2.60. The van der Waals surface area contributed by atoms with Crippen molar-refractivity contribution in [1.82, 2.24) is 0 Å². The van der Waals surface area contributed by atoms with E-state index in [0.29, 0.717) is 28.4 Å². The number of carbonyl (C=O) groups is 1. The van der Waals surface area contributed by atoms with Crippen LogP contribution >= 0.6 is 0 Å². The quantitative estimate of drug-likeness (QED) is 0.649. The first-order valence-electron chi connectivity index (χ1n) is 10.4. The summed E-state index contributed by atoms with van der Waals surface area (Å²) in [5, 5.41) is 22.5. The minimum atomic E-state index is -2.11. The van der Waals surface area contributed by atoms with Gasteiger partial charge in [0, 0.05) is 23.3 Å². The molecule has 164 valence electrons. The Labute approximate surface area is 184 Å². The first-order valence-corrected chi connectivity index (χ1v) is 10.4. The lowest BCUT2D eigenvalue weighted by atomic mass is 9.82. The molecule has 0 bridgehead atoms. The predicted octanol–water partition coefficient (Wildman–Crippen LogP) is 3.94. The third kappa shape index (κ3) is 2.42. The Kier molecular flexibility index (Phi) is 3.41. The molecule has 2 aromatic carbocycles. The van der Waals surface area contributed by atoms with E-state index in [0.717, 1.165) is 0 Å². The van der Waals surface area contributed by atoms with Crippen LogP contribution in [0.15, 0.2) is 30.4 Å². The summed E-state index contributed by atoms with van der Waals surface area (Å²) >= 11 is 0.